The van der Waals surface area contributed by atoms with Crippen LogP contribution in [0.25, 0.3) is 0 Å². The third kappa shape index (κ3) is 1.92. The number of carbonyl (C=O) groups excluding carboxylic acids is 2. The minimum atomic E-state index is -0.670. The number of hydrogen-bond acceptors (Lipinski definition) is 3. The van der Waals surface area contributed by atoms with Crippen LogP contribution in [0.15, 0.2) is 42.5 Å². The zero-order valence-electron chi connectivity index (χ0n) is 10.7. The fourth-order valence-corrected chi connectivity index (χ4v) is 2.55. The number of halogens is 1. The van der Waals surface area contributed by atoms with Gasteiger partial charge in [-0.1, -0.05) is 30.4 Å². The zero-order valence-corrected chi connectivity index (χ0v) is 11.5. The van der Waals surface area contributed by atoms with Crippen LogP contribution in [0.1, 0.15) is 26.3 Å². The first-order valence-corrected chi connectivity index (χ1v) is 6.49. The van der Waals surface area contributed by atoms with Crippen LogP contribution < -0.4 is 10.6 Å². The van der Waals surface area contributed by atoms with Gasteiger partial charge in [-0.3, -0.25) is 9.59 Å². The van der Waals surface area contributed by atoms with E-state index in [0.29, 0.717) is 0 Å². The van der Waals surface area contributed by atoms with Gasteiger partial charge in [0.1, 0.15) is 10.8 Å². The fraction of sp³-hybridized carbons (Fsp3) is 0. The van der Waals surface area contributed by atoms with Crippen molar-refractivity contribution in [2.45, 2.75) is 0 Å². The van der Waals surface area contributed by atoms with E-state index in [2.05, 4.69) is 0 Å². The number of thiocarbonyl (C=S) groups is 1. The summed E-state index contributed by atoms with van der Waals surface area (Å²) in [5.41, 5.74) is 6.03. The monoisotopic (exact) mass is 300 g/mol. The molecular formula is C15H9FN2O2S. The van der Waals surface area contributed by atoms with E-state index in [0.717, 1.165) is 4.90 Å². The Morgan fingerprint density at radius 1 is 1.00 bits per heavy atom. The number of benzene rings is 2. The molecule has 0 aromatic heterocycles. The van der Waals surface area contributed by atoms with Crippen LogP contribution in [-0.2, 0) is 0 Å². The Balaban J connectivity index is 2.21. The zero-order chi connectivity index (χ0) is 15.1. The van der Waals surface area contributed by atoms with Gasteiger partial charge in [0.25, 0.3) is 11.8 Å². The van der Waals surface area contributed by atoms with E-state index in [1.165, 1.54) is 18.2 Å². The summed E-state index contributed by atoms with van der Waals surface area (Å²) in [6.45, 7) is 0. The van der Waals surface area contributed by atoms with Crippen molar-refractivity contribution in [3.05, 3.63) is 65.0 Å². The van der Waals surface area contributed by atoms with Crippen molar-refractivity contribution in [1.82, 2.24) is 0 Å². The second kappa shape index (κ2) is 4.75. The molecule has 0 radical (unpaired) electrons. The number of nitrogens with two attached hydrogens (primary N) is 1. The molecule has 0 spiro atoms. The summed E-state index contributed by atoms with van der Waals surface area (Å²) in [6, 6.07) is 10.4. The number of rotatable bonds is 2. The van der Waals surface area contributed by atoms with Crippen LogP contribution in [0.5, 0.6) is 0 Å². The maximum atomic E-state index is 13.9. The highest BCUT2D eigenvalue weighted by Crippen LogP contribution is 2.31. The number of fused-ring (bicyclic) bond motifs is 1. The number of anilines is 1. The number of hydrogen-bond donors (Lipinski definition) is 1. The van der Waals surface area contributed by atoms with E-state index in [4.69, 9.17) is 18.0 Å². The topological polar surface area (TPSA) is 63.4 Å². The summed E-state index contributed by atoms with van der Waals surface area (Å²) in [4.78, 5) is 25.5. The summed E-state index contributed by atoms with van der Waals surface area (Å²) in [5, 5.41) is 0. The Kier molecular flexibility index (Phi) is 3.03. The van der Waals surface area contributed by atoms with E-state index < -0.39 is 17.6 Å². The van der Waals surface area contributed by atoms with Gasteiger partial charge in [0.2, 0.25) is 0 Å². The molecule has 2 N–H and O–H groups in total. The lowest BCUT2D eigenvalue weighted by Crippen LogP contribution is -2.32. The predicted octanol–water partition coefficient (Wildman–Crippen LogP) is 2.26. The lowest BCUT2D eigenvalue weighted by Gasteiger charge is -2.18. The van der Waals surface area contributed by atoms with Crippen LogP contribution in [0.4, 0.5) is 10.1 Å². The van der Waals surface area contributed by atoms with Crippen LogP contribution in [0, 0.1) is 5.82 Å². The van der Waals surface area contributed by atoms with Gasteiger partial charge in [-0.25, -0.2) is 9.29 Å². The van der Waals surface area contributed by atoms with Crippen LogP contribution in [0.3, 0.4) is 0 Å². The second-order valence-electron chi connectivity index (χ2n) is 4.49. The molecule has 1 heterocycles. The first-order valence-electron chi connectivity index (χ1n) is 6.08. The number of imide groups is 1. The van der Waals surface area contributed by atoms with E-state index in [9.17, 15) is 14.0 Å². The largest absolute Gasteiger partial charge is 0.389 e. The van der Waals surface area contributed by atoms with Crippen molar-refractivity contribution in [1.29, 1.82) is 0 Å². The molecule has 1 aliphatic rings. The molecule has 0 unspecified atom stereocenters. The average molecular weight is 300 g/mol. The highest BCUT2D eigenvalue weighted by atomic mass is 32.1. The SMILES string of the molecule is NC(=S)c1c(F)cccc1N1C(=O)c2ccccc2C1=O. The molecule has 3 rings (SSSR count). The standard InChI is InChI=1S/C15H9FN2O2S/c16-10-6-3-7-11(12(10)13(17)21)18-14(19)8-4-1-2-5-9(8)15(18)20/h1-7H,(H2,17,21). The maximum Gasteiger partial charge on any atom is 0.266 e. The minimum absolute atomic E-state index is 0.0636. The lowest BCUT2D eigenvalue weighted by molar-refractivity contribution is 0.0926. The third-order valence-corrected chi connectivity index (χ3v) is 3.48. The normalized spacial score (nSPS) is 13.5. The van der Waals surface area contributed by atoms with Crippen molar-refractivity contribution in [2.24, 2.45) is 5.73 Å². The summed E-state index contributed by atoms with van der Waals surface area (Å²) >= 11 is 4.82. The minimum Gasteiger partial charge on any atom is -0.389 e. The molecular weight excluding hydrogens is 291 g/mol. The van der Waals surface area contributed by atoms with Gasteiger partial charge in [-0.15, -0.1) is 0 Å². The molecule has 0 aliphatic carbocycles. The Labute approximate surface area is 125 Å². The molecule has 2 aromatic rings. The molecule has 0 atom stereocenters. The van der Waals surface area contributed by atoms with Gasteiger partial charge >= 0.3 is 0 Å². The van der Waals surface area contributed by atoms with E-state index in [-0.39, 0.29) is 27.4 Å². The van der Waals surface area contributed by atoms with E-state index in [1.54, 1.807) is 24.3 Å². The van der Waals surface area contributed by atoms with Crippen molar-refractivity contribution < 1.29 is 14.0 Å². The Hall–Kier alpha value is -2.60. The fourth-order valence-electron chi connectivity index (χ4n) is 2.35. The highest BCUT2D eigenvalue weighted by Gasteiger charge is 2.38. The van der Waals surface area contributed by atoms with Crippen molar-refractivity contribution in [2.75, 3.05) is 4.90 Å². The summed E-state index contributed by atoms with van der Waals surface area (Å²) in [7, 11) is 0. The molecule has 1 aliphatic heterocycles. The summed E-state index contributed by atoms with van der Waals surface area (Å²) in [6.07, 6.45) is 0. The summed E-state index contributed by atoms with van der Waals surface area (Å²) < 4.78 is 13.9. The van der Waals surface area contributed by atoms with Crippen LogP contribution in [0.2, 0.25) is 0 Å². The molecule has 0 fully saturated rings. The highest BCUT2D eigenvalue weighted by molar-refractivity contribution is 7.80. The third-order valence-electron chi connectivity index (χ3n) is 3.27. The molecule has 6 heteroatoms. The molecule has 0 bridgehead atoms. The molecule has 4 nitrogen and oxygen atoms in total. The van der Waals surface area contributed by atoms with Crippen molar-refractivity contribution in [3.8, 4) is 0 Å². The molecule has 2 amide bonds. The Bertz CT molecular complexity index is 769. The Morgan fingerprint density at radius 3 is 2.10 bits per heavy atom. The summed E-state index contributed by atoms with van der Waals surface area (Å²) in [5.74, 6) is -1.70. The molecule has 0 saturated carbocycles. The number of nitrogens with zero attached hydrogens (tertiary/aromatic N) is 1. The van der Waals surface area contributed by atoms with E-state index in [1.807, 2.05) is 0 Å². The smallest absolute Gasteiger partial charge is 0.266 e. The Morgan fingerprint density at radius 2 is 1.57 bits per heavy atom. The number of amides is 2. The van der Waals surface area contributed by atoms with Gasteiger partial charge in [0.05, 0.1) is 22.4 Å². The van der Waals surface area contributed by atoms with Gasteiger partial charge < -0.3 is 5.73 Å². The quantitative estimate of drug-likeness (QED) is 0.682. The van der Waals surface area contributed by atoms with Crippen molar-refractivity contribution >= 4 is 34.7 Å². The van der Waals surface area contributed by atoms with Crippen molar-refractivity contribution in [3.63, 3.8) is 0 Å². The average Bonchev–Trinajstić information content (AvgIpc) is 2.71. The van der Waals surface area contributed by atoms with Crippen LogP contribution in [-0.4, -0.2) is 16.8 Å². The first-order chi connectivity index (χ1) is 10.0. The molecule has 2 aromatic carbocycles. The van der Waals surface area contributed by atoms with Gasteiger partial charge in [0, 0.05) is 0 Å². The molecule has 0 saturated heterocycles. The van der Waals surface area contributed by atoms with E-state index >= 15 is 0 Å². The number of carbonyl (C=O) groups is 2. The van der Waals surface area contributed by atoms with Gasteiger partial charge in [-0.05, 0) is 24.3 Å². The first kappa shape index (κ1) is 13.4. The molecule has 104 valence electrons. The lowest BCUT2D eigenvalue weighted by atomic mass is 10.1. The maximum absolute atomic E-state index is 13.9. The second-order valence-corrected chi connectivity index (χ2v) is 4.93. The molecule has 21 heavy (non-hydrogen) atoms. The predicted molar refractivity (Wildman–Crippen MR) is 79.9 cm³/mol. The van der Waals surface area contributed by atoms with Crippen LogP contribution >= 0.6 is 12.2 Å². The van der Waals surface area contributed by atoms with Gasteiger partial charge in [0.15, 0.2) is 0 Å². The van der Waals surface area contributed by atoms with Gasteiger partial charge in [-0.2, -0.15) is 0 Å².